The number of aliphatic hydroxyl groups is 1. The Bertz CT molecular complexity index is 1130. The third kappa shape index (κ3) is 4.63. The first-order valence-electron chi connectivity index (χ1n) is 9.57. The molecule has 0 saturated carbocycles. The van der Waals surface area contributed by atoms with Crippen LogP contribution in [-0.2, 0) is 0 Å². The molecule has 0 saturated heterocycles. The summed E-state index contributed by atoms with van der Waals surface area (Å²) in [5, 5.41) is 26.7. The molecule has 0 spiro atoms. The van der Waals surface area contributed by atoms with Gasteiger partial charge in [-0.2, -0.15) is 8.75 Å². The van der Waals surface area contributed by atoms with E-state index in [1.807, 2.05) is 24.3 Å². The molecule has 11 heteroatoms. The van der Waals surface area contributed by atoms with E-state index in [0.29, 0.717) is 36.3 Å². The van der Waals surface area contributed by atoms with Crippen molar-refractivity contribution in [3.05, 3.63) is 30.5 Å². The number of hydrogen-bond acceptors (Lipinski definition) is 11. The number of hydrogen-bond donors (Lipinski definition) is 4. The number of benzene rings is 1. The summed E-state index contributed by atoms with van der Waals surface area (Å²) in [4.78, 5) is 4.50. The molecule has 0 unspecified atom stereocenters. The average molecular weight is 427 g/mol. The Morgan fingerprint density at radius 1 is 1.13 bits per heavy atom. The Labute approximate surface area is 177 Å². The fraction of sp³-hybridized carbons (Fsp3) is 0.316. The summed E-state index contributed by atoms with van der Waals surface area (Å²) in [6, 6.07) is 8.21. The Balaban J connectivity index is 1.58. The van der Waals surface area contributed by atoms with Gasteiger partial charge in [0.15, 0.2) is 0 Å². The maximum atomic E-state index is 8.89. The van der Waals surface area contributed by atoms with Crippen molar-refractivity contribution in [1.82, 2.24) is 23.9 Å². The smallest absolute Gasteiger partial charge is 0.315 e. The van der Waals surface area contributed by atoms with Crippen molar-refractivity contribution in [3.63, 3.8) is 0 Å². The molecule has 10 nitrogen and oxygen atoms in total. The first-order valence-corrected chi connectivity index (χ1v) is 10.3. The third-order valence-electron chi connectivity index (χ3n) is 4.14. The van der Waals surface area contributed by atoms with E-state index in [-0.39, 0.29) is 12.6 Å². The Kier molecular flexibility index (Phi) is 6.00. The van der Waals surface area contributed by atoms with Gasteiger partial charge in [-0.25, -0.2) is 4.98 Å². The Morgan fingerprint density at radius 3 is 2.83 bits per heavy atom. The molecule has 0 bridgehead atoms. The lowest BCUT2D eigenvalue weighted by Crippen LogP contribution is -2.11. The molecule has 0 radical (unpaired) electrons. The topological polar surface area (TPSA) is 134 Å². The van der Waals surface area contributed by atoms with Crippen LogP contribution in [0.4, 0.5) is 23.2 Å². The maximum absolute atomic E-state index is 8.89. The van der Waals surface area contributed by atoms with Gasteiger partial charge in [-0.05, 0) is 38.5 Å². The molecule has 4 rings (SSSR count). The lowest BCUT2D eigenvalue weighted by molar-refractivity contribution is 0.292. The van der Waals surface area contributed by atoms with Crippen molar-refractivity contribution >= 4 is 46.0 Å². The number of anilines is 4. The molecule has 0 amide bonds. The summed E-state index contributed by atoms with van der Waals surface area (Å²) in [5.74, 6) is 1.03. The van der Waals surface area contributed by atoms with Gasteiger partial charge < -0.3 is 25.5 Å². The van der Waals surface area contributed by atoms with E-state index in [4.69, 9.17) is 9.52 Å². The first-order chi connectivity index (χ1) is 14.6. The summed E-state index contributed by atoms with van der Waals surface area (Å²) < 4.78 is 14.2. The van der Waals surface area contributed by atoms with Gasteiger partial charge in [-0.3, -0.25) is 0 Å². The molecule has 30 heavy (non-hydrogen) atoms. The fourth-order valence-corrected chi connectivity index (χ4v) is 3.33. The number of nitrogens with one attached hydrogen (secondary N) is 3. The van der Waals surface area contributed by atoms with Crippen LogP contribution in [0, 0.1) is 0 Å². The molecular weight excluding hydrogens is 404 g/mol. The zero-order chi connectivity index (χ0) is 20.9. The molecule has 4 N–H and O–H groups in total. The third-order valence-corrected chi connectivity index (χ3v) is 4.70. The zero-order valence-electron chi connectivity index (χ0n) is 16.6. The second-order valence-corrected chi connectivity index (χ2v) is 7.45. The minimum atomic E-state index is 0.0980. The highest BCUT2D eigenvalue weighted by Gasteiger charge is 2.15. The summed E-state index contributed by atoms with van der Waals surface area (Å²) >= 11 is 1.19. The Morgan fingerprint density at radius 2 is 2.00 bits per heavy atom. The van der Waals surface area contributed by atoms with Crippen LogP contribution in [0.25, 0.3) is 22.5 Å². The molecule has 0 aliphatic heterocycles. The van der Waals surface area contributed by atoms with Gasteiger partial charge in [0.2, 0.25) is 0 Å². The molecule has 3 aromatic heterocycles. The van der Waals surface area contributed by atoms with Crippen molar-refractivity contribution in [1.29, 1.82) is 0 Å². The number of pyridine rings is 1. The van der Waals surface area contributed by atoms with E-state index in [2.05, 4.69) is 53.7 Å². The minimum absolute atomic E-state index is 0.0980. The minimum Gasteiger partial charge on any atom is -0.403 e. The fourth-order valence-electron chi connectivity index (χ4n) is 2.81. The highest BCUT2D eigenvalue weighted by Crippen LogP contribution is 2.31. The molecule has 0 aliphatic carbocycles. The summed E-state index contributed by atoms with van der Waals surface area (Å²) in [6.07, 6.45) is 2.30. The van der Waals surface area contributed by atoms with Crippen LogP contribution in [0.5, 0.6) is 0 Å². The van der Waals surface area contributed by atoms with Gasteiger partial charge >= 0.3 is 6.01 Å². The predicted octanol–water partition coefficient (Wildman–Crippen LogP) is 3.49. The zero-order valence-corrected chi connectivity index (χ0v) is 17.4. The number of nitrogens with zero attached hydrogens (tertiary/aromatic N) is 5. The number of aliphatic hydroxyl groups excluding tert-OH is 1. The lowest BCUT2D eigenvalue weighted by Gasteiger charge is -2.15. The largest absolute Gasteiger partial charge is 0.403 e. The van der Waals surface area contributed by atoms with E-state index in [1.54, 1.807) is 6.20 Å². The van der Waals surface area contributed by atoms with Crippen molar-refractivity contribution in [3.8, 4) is 11.5 Å². The molecule has 0 aliphatic rings. The van der Waals surface area contributed by atoms with Crippen molar-refractivity contribution in [2.75, 3.05) is 29.1 Å². The number of aromatic nitrogens is 5. The highest BCUT2D eigenvalue weighted by atomic mass is 32.1. The molecule has 156 valence electrons. The van der Waals surface area contributed by atoms with Crippen LogP contribution < -0.4 is 16.0 Å². The molecule has 0 fully saturated rings. The van der Waals surface area contributed by atoms with Crippen LogP contribution in [0.2, 0.25) is 0 Å². The Hall–Kier alpha value is -3.31. The first kappa shape index (κ1) is 20.0. The number of rotatable bonds is 9. The summed E-state index contributed by atoms with van der Waals surface area (Å²) in [5.41, 5.74) is 4.12. The van der Waals surface area contributed by atoms with Crippen LogP contribution in [0.1, 0.15) is 20.3 Å². The molecule has 1 aromatic carbocycles. The van der Waals surface area contributed by atoms with Crippen LogP contribution >= 0.6 is 11.7 Å². The van der Waals surface area contributed by atoms with Crippen LogP contribution in [0.3, 0.4) is 0 Å². The molecular formula is C19H22N8O2S. The maximum Gasteiger partial charge on any atom is 0.315 e. The number of fused-ring (bicyclic) bond motifs is 1. The van der Waals surface area contributed by atoms with Gasteiger partial charge in [-0.15, -0.1) is 5.10 Å². The SMILES string of the molecule is CC(C)Nc1cc(Nc2ccc3nsnc3c2)ncc1-c1nnc(NCCCO)o1. The van der Waals surface area contributed by atoms with Crippen LogP contribution in [-0.4, -0.2) is 48.2 Å². The molecule has 3 heterocycles. The van der Waals surface area contributed by atoms with Gasteiger partial charge in [0.25, 0.3) is 5.89 Å². The monoisotopic (exact) mass is 426 g/mol. The van der Waals surface area contributed by atoms with E-state index < -0.39 is 0 Å². The molecule has 0 atom stereocenters. The standard InChI is InChI=1S/C19H22N8O2S/c1-11(2)22-15-9-17(23-12-4-5-14-16(8-12)27-30-26-14)21-10-13(15)18-24-25-19(29-18)20-6-3-7-28/h4-5,8-11,28H,3,6-7H2,1-2H3,(H,20,25)(H2,21,22,23). The average Bonchev–Trinajstić information content (AvgIpc) is 3.37. The second-order valence-electron chi connectivity index (χ2n) is 6.92. The van der Waals surface area contributed by atoms with Crippen molar-refractivity contribution < 1.29 is 9.52 Å². The second kappa shape index (κ2) is 9.01. The molecule has 4 aromatic rings. The van der Waals surface area contributed by atoms with Gasteiger partial charge in [0.1, 0.15) is 16.9 Å². The van der Waals surface area contributed by atoms with E-state index in [0.717, 1.165) is 22.4 Å². The summed E-state index contributed by atoms with van der Waals surface area (Å²) in [6.45, 7) is 4.75. The normalized spacial score (nSPS) is 11.2. The van der Waals surface area contributed by atoms with E-state index in [9.17, 15) is 0 Å². The van der Waals surface area contributed by atoms with Crippen molar-refractivity contribution in [2.45, 2.75) is 26.3 Å². The summed E-state index contributed by atoms with van der Waals surface area (Å²) in [7, 11) is 0. The van der Waals surface area contributed by atoms with Gasteiger partial charge in [0.05, 0.1) is 23.0 Å². The van der Waals surface area contributed by atoms with Crippen LogP contribution in [0.15, 0.2) is 34.9 Å². The van der Waals surface area contributed by atoms with E-state index in [1.165, 1.54) is 11.7 Å². The van der Waals surface area contributed by atoms with Gasteiger partial charge in [-0.1, -0.05) is 5.10 Å². The van der Waals surface area contributed by atoms with E-state index >= 15 is 0 Å². The van der Waals surface area contributed by atoms with Gasteiger partial charge in [0, 0.05) is 37.1 Å². The van der Waals surface area contributed by atoms with Crippen molar-refractivity contribution in [2.24, 2.45) is 0 Å². The quantitative estimate of drug-likeness (QED) is 0.295. The predicted molar refractivity (Wildman–Crippen MR) is 117 cm³/mol. The highest BCUT2D eigenvalue weighted by molar-refractivity contribution is 7.00. The lowest BCUT2D eigenvalue weighted by atomic mass is 10.2.